The van der Waals surface area contributed by atoms with Crippen LogP contribution in [-0.4, -0.2) is 42.3 Å². The van der Waals surface area contributed by atoms with Crippen LogP contribution < -0.4 is 20.5 Å². The van der Waals surface area contributed by atoms with E-state index in [9.17, 15) is 9.18 Å². The molecule has 2 atom stereocenters. The average molecular weight is 507 g/mol. The third-order valence-corrected chi connectivity index (χ3v) is 6.91. The van der Waals surface area contributed by atoms with Gasteiger partial charge in [0.2, 0.25) is 0 Å². The van der Waals surface area contributed by atoms with Crippen LogP contribution in [0.1, 0.15) is 62.3 Å². The molecule has 0 aliphatic heterocycles. The molecule has 4 rings (SSSR count). The summed E-state index contributed by atoms with van der Waals surface area (Å²) in [6.45, 7) is 7.27. The van der Waals surface area contributed by atoms with Crippen molar-refractivity contribution in [1.29, 1.82) is 0 Å². The zero-order valence-electron chi connectivity index (χ0n) is 22.3. The third-order valence-electron chi connectivity index (χ3n) is 6.91. The van der Waals surface area contributed by atoms with Crippen LogP contribution in [0.4, 0.5) is 10.2 Å². The Balaban J connectivity index is 1.43. The molecule has 1 aromatic heterocycles. The molecule has 1 aliphatic rings. The molecule has 198 valence electrons. The second kappa shape index (κ2) is 12.9. The number of hydrogen-bond donors (Lipinski definition) is 1. The van der Waals surface area contributed by atoms with Crippen molar-refractivity contribution in [3.8, 4) is 5.75 Å². The predicted octanol–water partition coefficient (Wildman–Crippen LogP) is 5.14. The van der Waals surface area contributed by atoms with E-state index in [1.165, 1.54) is 17.7 Å². The molecule has 1 saturated carbocycles. The Morgan fingerprint density at radius 2 is 1.78 bits per heavy atom. The van der Waals surface area contributed by atoms with E-state index in [2.05, 4.69) is 24.1 Å². The summed E-state index contributed by atoms with van der Waals surface area (Å²) in [4.78, 5) is 20.4. The Labute approximate surface area is 219 Å². The van der Waals surface area contributed by atoms with Gasteiger partial charge in [0, 0.05) is 31.2 Å². The van der Waals surface area contributed by atoms with Crippen molar-refractivity contribution in [1.82, 2.24) is 14.9 Å². The van der Waals surface area contributed by atoms with E-state index in [0.29, 0.717) is 24.3 Å². The monoisotopic (exact) mass is 506 g/mol. The summed E-state index contributed by atoms with van der Waals surface area (Å²) in [5.74, 6) is 1.63. The molecule has 37 heavy (non-hydrogen) atoms. The topological polar surface area (TPSA) is 59.4 Å². The van der Waals surface area contributed by atoms with E-state index >= 15 is 0 Å². The van der Waals surface area contributed by atoms with Gasteiger partial charge in [0.15, 0.2) is 5.82 Å². The number of nitrogens with one attached hydrogen (secondary N) is 1. The van der Waals surface area contributed by atoms with Crippen molar-refractivity contribution in [2.45, 2.75) is 64.5 Å². The van der Waals surface area contributed by atoms with Crippen LogP contribution >= 0.6 is 0 Å². The highest BCUT2D eigenvalue weighted by atomic mass is 19.1. The molecular weight excluding hydrogens is 467 g/mol. The summed E-state index contributed by atoms with van der Waals surface area (Å²) in [5.41, 5.74) is 3.14. The molecule has 0 radical (unpaired) electrons. The lowest BCUT2D eigenvalue weighted by Gasteiger charge is -2.23. The maximum absolute atomic E-state index is 13.5. The molecule has 0 amide bonds. The van der Waals surface area contributed by atoms with Gasteiger partial charge in [-0.15, -0.1) is 0 Å². The summed E-state index contributed by atoms with van der Waals surface area (Å²) in [6.07, 6.45) is 6.66. The molecule has 1 N–H and O–H groups in total. The number of methoxy groups -OCH3 is 1. The third kappa shape index (κ3) is 7.19. The molecule has 0 bridgehead atoms. The van der Waals surface area contributed by atoms with Gasteiger partial charge < -0.3 is 19.5 Å². The first-order valence-corrected chi connectivity index (χ1v) is 13.5. The number of ether oxygens (including phenoxy) is 1. The summed E-state index contributed by atoms with van der Waals surface area (Å²) in [5, 5.41) is 3.63. The van der Waals surface area contributed by atoms with Crippen LogP contribution in [0.3, 0.4) is 0 Å². The number of hydrogen-bond acceptors (Lipinski definition) is 5. The van der Waals surface area contributed by atoms with Gasteiger partial charge in [0.25, 0.3) is 5.56 Å². The second-order valence-corrected chi connectivity index (χ2v) is 9.88. The van der Waals surface area contributed by atoms with Gasteiger partial charge in [0.05, 0.1) is 19.3 Å². The fourth-order valence-corrected chi connectivity index (χ4v) is 4.87. The first-order valence-electron chi connectivity index (χ1n) is 13.5. The highest BCUT2D eigenvalue weighted by Crippen LogP contribution is 2.40. The number of aromatic nitrogens is 2. The molecule has 1 fully saturated rings. The van der Waals surface area contributed by atoms with Gasteiger partial charge >= 0.3 is 0 Å². The second-order valence-electron chi connectivity index (χ2n) is 9.88. The van der Waals surface area contributed by atoms with Gasteiger partial charge in [-0.3, -0.25) is 4.79 Å². The highest BCUT2D eigenvalue weighted by molar-refractivity contribution is 5.37. The zero-order valence-corrected chi connectivity index (χ0v) is 22.3. The molecule has 6 nitrogen and oxygen atoms in total. The molecule has 0 saturated heterocycles. The van der Waals surface area contributed by atoms with E-state index < -0.39 is 0 Å². The largest absolute Gasteiger partial charge is 0.497 e. The van der Waals surface area contributed by atoms with E-state index in [4.69, 9.17) is 9.72 Å². The molecule has 3 aromatic rings. The fraction of sp³-hybridized carbons (Fsp3) is 0.467. The van der Waals surface area contributed by atoms with Crippen molar-refractivity contribution >= 4 is 5.82 Å². The first-order chi connectivity index (χ1) is 18.0. The van der Waals surface area contributed by atoms with Crippen LogP contribution in [0, 0.1) is 5.82 Å². The lowest BCUT2D eigenvalue weighted by atomic mass is 10.1. The minimum atomic E-state index is -0.189. The van der Waals surface area contributed by atoms with Gasteiger partial charge in [-0.05, 0) is 74.0 Å². The van der Waals surface area contributed by atoms with Crippen molar-refractivity contribution in [3.63, 3.8) is 0 Å². The summed E-state index contributed by atoms with van der Waals surface area (Å²) >= 11 is 0. The van der Waals surface area contributed by atoms with Crippen LogP contribution in [0.15, 0.2) is 59.5 Å². The van der Waals surface area contributed by atoms with Crippen molar-refractivity contribution in [2.24, 2.45) is 0 Å². The van der Waals surface area contributed by atoms with E-state index in [-0.39, 0.29) is 11.4 Å². The standard InChI is InChI=1S/C30H39FN4O2/c1-4-17-34(18-5-2)29-30(36)35(20-22-8-14-26(37-3)15-9-22)21-25(33-29)7-6-16-32-28-19-27(28)23-10-12-24(31)13-11-23/h8-15,21,27-28,32H,4-7,16-20H2,1-3H3/t27-,28+/m0/s1. The van der Waals surface area contributed by atoms with Crippen molar-refractivity contribution < 1.29 is 9.13 Å². The summed E-state index contributed by atoms with van der Waals surface area (Å²) in [6, 6.07) is 15.1. The number of halogens is 1. The lowest BCUT2D eigenvalue weighted by Crippen LogP contribution is -2.35. The van der Waals surface area contributed by atoms with E-state index in [1.807, 2.05) is 42.6 Å². The SMILES string of the molecule is CCCN(CCC)c1nc(CCCN[C@@H]2C[C@H]2c2ccc(F)cc2)cn(Cc2ccc(OC)cc2)c1=O. The van der Waals surface area contributed by atoms with Gasteiger partial charge in [-0.2, -0.15) is 0 Å². The number of anilines is 1. The number of benzene rings is 2. The molecule has 7 heteroatoms. The van der Waals surface area contributed by atoms with E-state index in [0.717, 1.165) is 68.7 Å². The minimum absolute atomic E-state index is 0.0419. The Kier molecular flexibility index (Phi) is 9.34. The summed E-state index contributed by atoms with van der Waals surface area (Å²) < 4.78 is 20.3. The number of rotatable bonds is 14. The first kappa shape index (κ1) is 26.9. The maximum atomic E-state index is 13.5. The highest BCUT2D eigenvalue weighted by Gasteiger charge is 2.37. The predicted molar refractivity (Wildman–Crippen MR) is 147 cm³/mol. The van der Waals surface area contributed by atoms with Crippen LogP contribution in [0.2, 0.25) is 0 Å². The maximum Gasteiger partial charge on any atom is 0.293 e. The van der Waals surface area contributed by atoms with Crippen molar-refractivity contribution in [3.05, 3.63) is 87.7 Å². The van der Waals surface area contributed by atoms with Crippen molar-refractivity contribution in [2.75, 3.05) is 31.6 Å². The van der Waals surface area contributed by atoms with Gasteiger partial charge in [-0.1, -0.05) is 38.1 Å². The molecule has 2 aromatic carbocycles. The minimum Gasteiger partial charge on any atom is -0.497 e. The zero-order chi connectivity index (χ0) is 26.2. The quantitative estimate of drug-likeness (QED) is 0.307. The van der Waals surface area contributed by atoms with Crippen LogP contribution in [-0.2, 0) is 13.0 Å². The van der Waals surface area contributed by atoms with Crippen LogP contribution in [0.25, 0.3) is 0 Å². The summed E-state index contributed by atoms with van der Waals surface area (Å²) in [7, 11) is 1.65. The molecule has 1 heterocycles. The fourth-order valence-electron chi connectivity index (χ4n) is 4.87. The Bertz CT molecular complexity index is 1190. The number of nitrogens with zero attached hydrogens (tertiary/aromatic N) is 3. The number of aryl methyl sites for hydroxylation is 1. The van der Waals surface area contributed by atoms with Crippen LogP contribution in [0.5, 0.6) is 5.75 Å². The molecule has 0 unspecified atom stereocenters. The Morgan fingerprint density at radius 3 is 2.43 bits per heavy atom. The van der Waals surface area contributed by atoms with E-state index in [1.54, 1.807) is 11.7 Å². The Morgan fingerprint density at radius 1 is 1.08 bits per heavy atom. The normalized spacial score (nSPS) is 16.5. The van der Waals surface area contributed by atoms with Gasteiger partial charge in [-0.25, -0.2) is 9.37 Å². The average Bonchev–Trinajstić information content (AvgIpc) is 3.68. The Hall–Kier alpha value is -3.19. The smallest absolute Gasteiger partial charge is 0.293 e. The molecular formula is C30H39FN4O2. The molecule has 1 aliphatic carbocycles. The lowest BCUT2D eigenvalue weighted by molar-refractivity contribution is 0.414. The molecule has 0 spiro atoms. The van der Waals surface area contributed by atoms with Gasteiger partial charge in [0.1, 0.15) is 11.6 Å².